The number of hydrogen-bond acceptors (Lipinski definition) is 10. The third kappa shape index (κ3) is 7.70. The molecule has 1 unspecified atom stereocenters. The summed E-state index contributed by atoms with van der Waals surface area (Å²) in [6.07, 6.45) is 10.0. The van der Waals surface area contributed by atoms with Gasteiger partial charge in [0.15, 0.2) is 0 Å². The van der Waals surface area contributed by atoms with Gasteiger partial charge in [-0.25, -0.2) is 9.97 Å². The molecule has 1 fully saturated rings. The third-order valence-electron chi connectivity index (χ3n) is 9.40. The van der Waals surface area contributed by atoms with E-state index in [0.29, 0.717) is 48.6 Å². The topological polar surface area (TPSA) is 151 Å². The molecule has 13 nitrogen and oxygen atoms in total. The van der Waals surface area contributed by atoms with Crippen molar-refractivity contribution in [2.75, 3.05) is 36.1 Å². The zero-order chi connectivity index (χ0) is 37.0. The van der Waals surface area contributed by atoms with Crippen LogP contribution in [-0.4, -0.2) is 61.8 Å². The summed E-state index contributed by atoms with van der Waals surface area (Å²) in [5.41, 5.74) is 12.2. The molecule has 1 aliphatic heterocycles. The number of nitrogen functional groups attached to an aromatic ring is 1. The second kappa shape index (κ2) is 15.1. The number of rotatable bonds is 12. The summed E-state index contributed by atoms with van der Waals surface area (Å²) >= 11 is 0. The molecule has 1 atom stereocenters. The maximum atomic E-state index is 13.5. The zero-order valence-corrected chi connectivity index (χ0v) is 30.1. The molecule has 4 heterocycles. The van der Waals surface area contributed by atoms with Crippen LogP contribution in [0.4, 0.5) is 17.2 Å². The van der Waals surface area contributed by atoms with Gasteiger partial charge in [0.05, 0.1) is 41.3 Å². The van der Waals surface area contributed by atoms with E-state index in [-0.39, 0.29) is 11.6 Å². The van der Waals surface area contributed by atoms with Gasteiger partial charge >= 0.3 is 0 Å². The lowest BCUT2D eigenvalue weighted by atomic mass is 10.1. The number of aliphatic imine (C=N–C) groups is 1. The summed E-state index contributed by atoms with van der Waals surface area (Å²) < 4.78 is 16.0. The van der Waals surface area contributed by atoms with Crippen LogP contribution >= 0.6 is 0 Å². The number of nitrogens with two attached hydrogens (primary N) is 1. The van der Waals surface area contributed by atoms with Gasteiger partial charge in [-0.05, 0) is 35.2 Å². The van der Waals surface area contributed by atoms with Gasteiger partial charge in [0.2, 0.25) is 0 Å². The Morgan fingerprint density at radius 2 is 1.65 bits per heavy atom. The first-order valence-electron chi connectivity index (χ1n) is 17.8. The lowest BCUT2D eigenvalue weighted by Crippen LogP contribution is -2.22. The van der Waals surface area contributed by atoms with E-state index in [9.17, 15) is 4.79 Å². The van der Waals surface area contributed by atoms with Gasteiger partial charge in [-0.3, -0.25) is 14.2 Å². The number of hydrogen-bond donors (Lipinski definition) is 2. The van der Waals surface area contributed by atoms with Gasteiger partial charge < -0.3 is 30.4 Å². The van der Waals surface area contributed by atoms with Crippen molar-refractivity contribution < 1.29 is 14.3 Å². The van der Waals surface area contributed by atoms with E-state index in [4.69, 9.17) is 20.3 Å². The minimum atomic E-state index is -0.386. The largest absolute Gasteiger partial charge is 0.487 e. The van der Waals surface area contributed by atoms with Crippen molar-refractivity contribution in [2.45, 2.75) is 26.2 Å². The van der Waals surface area contributed by atoms with Gasteiger partial charge in [0, 0.05) is 74.6 Å². The lowest BCUT2D eigenvalue weighted by molar-refractivity contribution is 0.102. The molecule has 272 valence electrons. The quantitative estimate of drug-likeness (QED) is 0.110. The highest BCUT2D eigenvalue weighted by Crippen LogP contribution is 2.32. The van der Waals surface area contributed by atoms with Crippen LogP contribution < -0.4 is 25.4 Å². The van der Waals surface area contributed by atoms with Crippen LogP contribution in [0, 0.1) is 5.92 Å². The minimum Gasteiger partial charge on any atom is -0.487 e. The molecular weight excluding hydrogens is 681 g/mol. The molecule has 3 aromatic heterocycles. The van der Waals surface area contributed by atoms with Crippen LogP contribution in [0.3, 0.4) is 0 Å². The molecule has 3 N–H and O–H groups in total. The van der Waals surface area contributed by atoms with Crippen LogP contribution in [0.25, 0.3) is 21.8 Å². The molecule has 0 bridgehead atoms. The monoisotopic (exact) mass is 720 g/mol. The van der Waals surface area contributed by atoms with E-state index in [1.54, 1.807) is 17.9 Å². The van der Waals surface area contributed by atoms with E-state index in [1.165, 1.54) is 6.20 Å². The molecule has 0 saturated carbocycles. The fourth-order valence-electron chi connectivity index (χ4n) is 6.74. The van der Waals surface area contributed by atoms with E-state index < -0.39 is 0 Å². The van der Waals surface area contributed by atoms with E-state index in [0.717, 1.165) is 63.8 Å². The molecule has 0 spiro atoms. The average Bonchev–Trinajstić information content (AvgIpc) is 3.91. The molecule has 54 heavy (non-hydrogen) atoms. The molecule has 1 aliphatic rings. The molecule has 0 radical (unpaired) electrons. The lowest BCUT2D eigenvalue weighted by Gasteiger charge is -2.16. The first kappa shape index (κ1) is 34.3. The third-order valence-corrected chi connectivity index (χ3v) is 9.40. The molecule has 1 amide bonds. The van der Waals surface area contributed by atoms with Gasteiger partial charge in [-0.15, -0.1) is 0 Å². The molecule has 4 aromatic carbocycles. The normalized spacial score (nSPS) is 14.3. The van der Waals surface area contributed by atoms with Gasteiger partial charge in [-0.1, -0.05) is 54.6 Å². The molecule has 8 rings (SSSR count). The summed E-state index contributed by atoms with van der Waals surface area (Å²) in [4.78, 5) is 28.8. The Hall–Kier alpha value is -6.76. The van der Waals surface area contributed by atoms with Gasteiger partial charge in [0.25, 0.3) is 5.91 Å². The second-order valence-corrected chi connectivity index (χ2v) is 13.5. The predicted molar refractivity (Wildman–Crippen MR) is 210 cm³/mol. The van der Waals surface area contributed by atoms with Crippen LogP contribution in [0.1, 0.15) is 33.6 Å². The fraction of sp³-hybridized carbons (Fsp3) is 0.220. The Bertz CT molecular complexity index is 2460. The molecule has 0 aliphatic carbocycles. The Balaban J connectivity index is 0.990. The number of amides is 1. The maximum absolute atomic E-state index is 13.5. The predicted octanol–water partition coefficient (Wildman–Crippen LogP) is 6.28. The molecular formula is C41H40N10O3. The van der Waals surface area contributed by atoms with Crippen molar-refractivity contribution in [3.8, 4) is 11.5 Å². The Morgan fingerprint density at radius 3 is 2.48 bits per heavy atom. The number of anilines is 3. The van der Waals surface area contributed by atoms with Crippen molar-refractivity contribution >= 4 is 51.1 Å². The van der Waals surface area contributed by atoms with Crippen molar-refractivity contribution in [3.05, 3.63) is 126 Å². The maximum Gasteiger partial charge on any atom is 0.275 e. The number of aromatic nitrogens is 6. The second-order valence-electron chi connectivity index (χ2n) is 13.5. The number of benzene rings is 4. The number of nitrogens with zero attached hydrogens (tertiary/aromatic N) is 8. The minimum absolute atomic E-state index is 0.207. The van der Waals surface area contributed by atoms with E-state index in [2.05, 4.69) is 42.4 Å². The van der Waals surface area contributed by atoms with Crippen LogP contribution in [0.5, 0.6) is 11.5 Å². The Labute approximate surface area is 312 Å². The number of carbonyl (C=O) groups excluding carboxylic acids is 1. The van der Waals surface area contributed by atoms with E-state index >= 15 is 0 Å². The van der Waals surface area contributed by atoms with Crippen LogP contribution in [0.15, 0.2) is 109 Å². The Kier molecular flexibility index (Phi) is 9.58. The highest BCUT2D eigenvalue weighted by molar-refractivity contribution is 6.05. The molecule has 1 saturated heterocycles. The smallest absolute Gasteiger partial charge is 0.275 e. The highest BCUT2D eigenvalue weighted by atomic mass is 16.5. The number of carbonyl (C=O) groups is 1. The number of fused-ring (bicyclic) bond motifs is 2. The average molecular weight is 721 g/mol. The van der Waals surface area contributed by atoms with Crippen molar-refractivity contribution in [3.63, 3.8) is 0 Å². The highest BCUT2D eigenvalue weighted by Gasteiger charge is 2.23. The van der Waals surface area contributed by atoms with Crippen molar-refractivity contribution in [1.29, 1.82) is 0 Å². The van der Waals surface area contributed by atoms with Gasteiger partial charge in [0.1, 0.15) is 36.2 Å². The SMILES string of the molecule is CN=CC1CCN(c2cnc(C(=O)Nc3cc4cn(Cc5cccc(COc6cc7nn(C)cc7cc6N)c5)nc4cc3OCc3ccccc3)cn2)C1. The first-order chi connectivity index (χ1) is 26.4. The van der Waals surface area contributed by atoms with Crippen molar-refractivity contribution in [1.82, 2.24) is 29.5 Å². The van der Waals surface area contributed by atoms with E-state index in [1.807, 2.05) is 97.1 Å². The standard InChI is InChI=1S/C41H40N10O3/c1-43-18-30-11-12-50(21-30)40-20-44-37(19-45-40)41(52)46-36-15-32-24-51(48-35(32)17-39(36)54-25-27-7-4-3-5-8-27)22-28-9-6-10-29(13-28)26-53-38-16-34-31(14-33(38)42)23-49(2)47-34/h3-10,13-20,23-24,30H,11-12,21-22,25-26,42H2,1-2H3,(H,46,52). The Morgan fingerprint density at radius 1 is 0.889 bits per heavy atom. The molecule has 7 aromatic rings. The molecule has 13 heteroatoms. The van der Waals surface area contributed by atoms with Crippen LogP contribution in [0.2, 0.25) is 0 Å². The zero-order valence-electron chi connectivity index (χ0n) is 30.1. The summed E-state index contributed by atoms with van der Waals surface area (Å²) in [7, 11) is 3.67. The van der Waals surface area contributed by atoms with Crippen molar-refractivity contribution in [2.24, 2.45) is 18.0 Å². The number of ether oxygens (including phenoxy) is 2. The summed E-state index contributed by atoms with van der Waals surface area (Å²) in [6, 6.07) is 25.5. The summed E-state index contributed by atoms with van der Waals surface area (Å²) in [5, 5.41) is 14.2. The number of nitrogens with one attached hydrogen (secondary N) is 1. The summed E-state index contributed by atoms with van der Waals surface area (Å²) in [5.74, 6) is 1.84. The fourth-order valence-corrected chi connectivity index (χ4v) is 6.74. The van der Waals surface area contributed by atoms with Crippen LogP contribution in [-0.2, 0) is 26.8 Å². The summed E-state index contributed by atoms with van der Waals surface area (Å²) in [6.45, 7) is 2.89. The van der Waals surface area contributed by atoms with Gasteiger partial charge in [-0.2, -0.15) is 10.2 Å². The first-order valence-corrected chi connectivity index (χ1v) is 17.8. The number of aryl methyl sites for hydroxylation is 1.